The highest BCUT2D eigenvalue weighted by Gasteiger charge is 2.57. The third kappa shape index (κ3) is 2.95. The average molecular weight is 286 g/mol. The standard InChI is InChI=1S/C14H22O6/c1-5-6-17-11-10(9(16)8(2)7-15)18-13-12(11)19-14(3,4)20-13/h5,9-13,15-16H,1-2,6-7H2,3-4H3/t9-,10+,11-,12+,13+/m0/s1. The molecule has 0 amide bonds. The van der Waals surface area contributed by atoms with Gasteiger partial charge in [-0.05, 0) is 19.4 Å². The van der Waals surface area contributed by atoms with Crippen LogP contribution in [0, 0.1) is 0 Å². The van der Waals surface area contributed by atoms with Gasteiger partial charge in [0.25, 0.3) is 0 Å². The van der Waals surface area contributed by atoms with Crippen molar-refractivity contribution in [2.24, 2.45) is 0 Å². The zero-order valence-corrected chi connectivity index (χ0v) is 11.8. The lowest BCUT2D eigenvalue weighted by atomic mass is 10.0. The minimum absolute atomic E-state index is 0.265. The average Bonchev–Trinajstić information content (AvgIpc) is 2.86. The molecule has 0 aromatic rings. The first kappa shape index (κ1) is 15.6. The first-order chi connectivity index (χ1) is 9.39. The van der Waals surface area contributed by atoms with Crippen LogP contribution in [0.3, 0.4) is 0 Å². The number of ether oxygens (including phenoxy) is 4. The molecule has 2 heterocycles. The Hall–Kier alpha value is -0.760. The summed E-state index contributed by atoms with van der Waals surface area (Å²) in [5.74, 6) is -0.755. The summed E-state index contributed by atoms with van der Waals surface area (Å²) in [6.45, 7) is 10.8. The second kappa shape index (κ2) is 5.93. The maximum atomic E-state index is 10.2. The molecule has 20 heavy (non-hydrogen) atoms. The van der Waals surface area contributed by atoms with Crippen LogP contribution in [-0.2, 0) is 18.9 Å². The molecule has 0 aromatic heterocycles. The molecule has 0 aromatic carbocycles. The van der Waals surface area contributed by atoms with E-state index in [0.29, 0.717) is 6.61 Å². The van der Waals surface area contributed by atoms with E-state index in [0.717, 1.165) is 0 Å². The summed E-state index contributed by atoms with van der Waals surface area (Å²) in [4.78, 5) is 0. The summed E-state index contributed by atoms with van der Waals surface area (Å²) in [5, 5.41) is 19.3. The van der Waals surface area contributed by atoms with Crippen LogP contribution < -0.4 is 0 Å². The van der Waals surface area contributed by atoms with Crippen molar-refractivity contribution in [3.05, 3.63) is 24.8 Å². The lowest BCUT2D eigenvalue weighted by Gasteiger charge is -2.28. The fourth-order valence-corrected chi connectivity index (χ4v) is 2.45. The smallest absolute Gasteiger partial charge is 0.190 e. The van der Waals surface area contributed by atoms with Gasteiger partial charge in [-0.25, -0.2) is 0 Å². The van der Waals surface area contributed by atoms with Gasteiger partial charge in [-0.2, -0.15) is 0 Å². The first-order valence-electron chi connectivity index (χ1n) is 6.60. The highest BCUT2D eigenvalue weighted by molar-refractivity contribution is 5.10. The summed E-state index contributed by atoms with van der Waals surface area (Å²) in [6, 6.07) is 0. The van der Waals surface area contributed by atoms with Gasteiger partial charge in [0, 0.05) is 0 Å². The summed E-state index contributed by atoms with van der Waals surface area (Å²) < 4.78 is 22.7. The Kier molecular flexibility index (Phi) is 4.63. The van der Waals surface area contributed by atoms with E-state index in [1.165, 1.54) is 0 Å². The van der Waals surface area contributed by atoms with E-state index in [1.54, 1.807) is 19.9 Å². The zero-order chi connectivity index (χ0) is 14.9. The molecular formula is C14H22O6. The number of fused-ring (bicyclic) bond motifs is 1. The minimum Gasteiger partial charge on any atom is -0.392 e. The van der Waals surface area contributed by atoms with Gasteiger partial charge in [0.15, 0.2) is 12.1 Å². The highest BCUT2D eigenvalue weighted by Crippen LogP contribution is 2.40. The Morgan fingerprint density at radius 3 is 2.75 bits per heavy atom. The summed E-state index contributed by atoms with van der Waals surface area (Å²) in [7, 11) is 0. The molecule has 114 valence electrons. The van der Waals surface area contributed by atoms with Crippen LogP contribution in [0.4, 0.5) is 0 Å². The summed E-state index contributed by atoms with van der Waals surface area (Å²) >= 11 is 0. The zero-order valence-electron chi connectivity index (χ0n) is 11.8. The normalized spacial score (nSPS) is 36.6. The van der Waals surface area contributed by atoms with E-state index >= 15 is 0 Å². The van der Waals surface area contributed by atoms with Crippen molar-refractivity contribution in [2.75, 3.05) is 13.2 Å². The van der Waals surface area contributed by atoms with E-state index in [9.17, 15) is 5.11 Å². The Bertz CT molecular complexity index is 380. The van der Waals surface area contributed by atoms with Crippen LogP contribution in [0.25, 0.3) is 0 Å². The monoisotopic (exact) mass is 286 g/mol. The van der Waals surface area contributed by atoms with Gasteiger partial charge in [-0.15, -0.1) is 6.58 Å². The van der Waals surface area contributed by atoms with E-state index in [4.69, 9.17) is 24.1 Å². The van der Waals surface area contributed by atoms with Crippen molar-refractivity contribution in [3.63, 3.8) is 0 Å². The Balaban J connectivity index is 2.13. The SMILES string of the molecule is C=CCO[C@@H]1[C@H]2OC(C)(C)O[C@H]2O[C@@H]1[C@@H](O)C(=C)CO. The highest BCUT2D eigenvalue weighted by atomic mass is 16.8. The number of hydrogen-bond donors (Lipinski definition) is 2. The van der Waals surface area contributed by atoms with Gasteiger partial charge < -0.3 is 29.2 Å². The molecule has 5 atom stereocenters. The fraction of sp³-hybridized carbons (Fsp3) is 0.714. The van der Waals surface area contributed by atoms with Crippen molar-refractivity contribution in [2.45, 2.75) is 50.3 Å². The molecule has 2 N–H and O–H groups in total. The molecule has 0 aliphatic carbocycles. The van der Waals surface area contributed by atoms with Gasteiger partial charge in [-0.1, -0.05) is 12.7 Å². The first-order valence-corrected chi connectivity index (χ1v) is 6.60. The van der Waals surface area contributed by atoms with Crippen LogP contribution in [0.15, 0.2) is 24.8 Å². The summed E-state index contributed by atoms with van der Waals surface area (Å²) in [5.41, 5.74) is 0.265. The maximum Gasteiger partial charge on any atom is 0.190 e. The van der Waals surface area contributed by atoms with E-state index in [2.05, 4.69) is 13.2 Å². The largest absolute Gasteiger partial charge is 0.392 e. The third-order valence-electron chi connectivity index (χ3n) is 3.37. The molecule has 0 spiro atoms. The molecular weight excluding hydrogens is 264 g/mol. The van der Waals surface area contributed by atoms with Crippen LogP contribution in [0.1, 0.15) is 13.8 Å². The Morgan fingerprint density at radius 1 is 1.45 bits per heavy atom. The second-order valence-electron chi connectivity index (χ2n) is 5.42. The summed E-state index contributed by atoms with van der Waals surface area (Å²) in [6.07, 6.45) is -1.69. The van der Waals surface area contributed by atoms with Gasteiger partial charge in [0.05, 0.1) is 13.2 Å². The molecule has 0 saturated carbocycles. The fourth-order valence-electron chi connectivity index (χ4n) is 2.45. The molecule has 2 saturated heterocycles. The van der Waals surface area contributed by atoms with Gasteiger partial charge in [0.2, 0.25) is 0 Å². The van der Waals surface area contributed by atoms with Crippen molar-refractivity contribution in [1.82, 2.24) is 0 Å². The van der Waals surface area contributed by atoms with Crippen LogP contribution in [-0.4, -0.2) is 59.9 Å². The molecule has 6 nitrogen and oxygen atoms in total. The van der Waals surface area contributed by atoms with Crippen LogP contribution in [0.5, 0.6) is 0 Å². The minimum atomic E-state index is -1.05. The lowest BCUT2D eigenvalue weighted by molar-refractivity contribution is -0.226. The molecule has 2 rings (SSSR count). The van der Waals surface area contributed by atoms with Gasteiger partial charge in [0.1, 0.15) is 24.4 Å². The van der Waals surface area contributed by atoms with Crippen LogP contribution in [0.2, 0.25) is 0 Å². The molecule has 0 radical (unpaired) electrons. The predicted octanol–water partition coefficient (Wildman–Crippen LogP) is 0.343. The quantitative estimate of drug-likeness (QED) is 0.686. The van der Waals surface area contributed by atoms with Crippen molar-refractivity contribution >= 4 is 0 Å². The number of rotatable bonds is 6. The van der Waals surface area contributed by atoms with Gasteiger partial charge >= 0.3 is 0 Å². The molecule has 2 aliphatic heterocycles. The third-order valence-corrected chi connectivity index (χ3v) is 3.37. The van der Waals surface area contributed by atoms with Crippen molar-refractivity contribution in [3.8, 4) is 0 Å². The van der Waals surface area contributed by atoms with E-state index in [1.807, 2.05) is 0 Å². The maximum absolute atomic E-state index is 10.2. The van der Waals surface area contributed by atoms with E-state index in [-0.39, 0.29) is 12.2 Å². The number of aliphatic hydroxyl groups is 2. The second-order valence-corrected chi connectivity index (χ2v) is 5.42. The Labute approximate surface area is 118 Å². The lowest BCUT2D eigenvalue weighted by Crippen LogP contribution is -2.43. The van der Waals surface area contributed by atoms with E-state index < -0.39 is 36.5 Å². The van der Waals surface area contributed by atoms with Crippen molar-refractivity contribution in [1.29, 1.82) is 0 Å². The predicted molar refractivity (Wildman–Crippen MR) is 70.9 cm³/mol. The molecule has 6 heteroatoms. The molecule has 0 unspecified atom stereocenters. The number of hydrogen-bond acceptors (Lipinski definition) is 6. The molecule has 0 bridgehead atoms. The Morgan fingerprint density at radius 2 is 2.15 bits per heavy atom. The number of aliphatic hydroxyl groups excluding tert-OH is 2. The van der Waals surface area contributed by atoms with Crippen LogP contribution >= 0.6 is 0 Å². The van der Waals surface area contributed by atoms with Crippen molar-refractivity contribution < 1.29 is 29.2 Å². The van der Waals surface area contributed by atoms with Gasteiger partial charge in [-0.3, -0.25) is 0 Å². The topological polar surface area (TPSA) is 77.4 Å². The molecule has 2 aliphatic rings. The molecule has 2 fully saturated rings.